The first-order valence-electron chi connectivity index (χ1n) is 2.90. The molecular weight excluding hydrogens is 142 g/mol. The van der Waals surface area contributed by atoms with Crippen molar-refractivity contribution in [3.05, 3.63) is 11.9 Å². The van der Waals surface area contributed by atoms with Crippen LogP contribution in [-0.2, 0) is 0 Å². The summed E-state index contributed by atoms with van der Waals surface area (Å²) in [5.41, 5.74) is 1.45. The van der Waals surface area contributed by atoms with E-state index < -0.39 is 0 Å². The van der Waals surface area contributed by atoms with Gasteiger partial charge in [-0.2, -0.15) is 0 Å². The van der Waals surface area contributed by atoms with Crippen LogP contribution in [0.25, 0.3) is 11.3 Å². The van der Waals surface area contributed by atoms with E-state index in [1.54, 1.807) is 0 Å². The monoisotopic (exact) mass is 145 g/mol. The minimum Gasteiger partial charge on any atom is -0.239 e. The minimum absolute atomic E-state index is 0.445. The van der Waals surface area contributed by atoms with Crippen molar-refractivity contribution in [2.24, 2.45) is 0 Å². The minimum atomic E-state index is 0.445. The van der Waals surface area contributed by atoms with Crippen LogP contribution in [0.5, 0.6) is 0 Å². The first-order chi connectivity index (χ1) is 5.40. The number of nitrogens with one attached hydrogen (secondary N) is 1. The lowest BCUT2D eigenvalue weighted by molar-refractivity contribution is 0.951. The molecule has 11 heavy (non-hydrogen) atoms. The van der Waals surface area contributed by atoms with E-state index in [0.29, 0.717) is 17.0 Å². The maximum Gasteiger partial charge on any atom is 0.222 e. The summed E-state index contributed by atoms with van der Waals surface area (Å²) in [6, 6.07) is 0. The lowest BCUT2D eigenvalue weighted by atomic mass is 10.5. The van der Waals surface area contributed by atoms with Crippen LogP contribution in [0.15, 0.2) is 6.20 Å². The quantitative estimate of drug-likeness (QED) is 0.518. The molecule has 5 nitrogen and oxygen atoms in total. The number of fused-ring (bicyclic) bond motifs is 1. The zero-order valence-corrected chi connectivity index (χ0v) is 5.44. The van der Waals surface area contributed by atoms with Crippen molar-refractivity contribution in [1.29, 1.82) is 0 Å². The second-order valence-corrected chi connectivity index (χ2v) is 1.88. The highest BCUT2D eigenvalue weighted by atomic mass is 15.4. The van der Waals surface area contributed by atoms with E-state index in [2.05, 4.69) is 31.3 Å². The van der Waals surface area contributed by atoms with E-state index in [9.17, 15) is 0 Å². The van der Waals surface area contributed by atoms with Crippen molar-refractivity contribution in [3.8, 4) is 12.3 Å². The van der Waals surface area contributed by atoms with Crippen LogP contribution in [-0.4, -0.2) is 25.4 Å². The molecule has 52 valence electrons. The van der Waals surface area contributed by atoms with E-state index in [4.69, 9.17) is 6.42 Å². The molecule has 5 heteroatoms. The highest BCUT2D eigenvalue weighted by molar-refractivity contribution is 5.63. The molecule has 1 N–H and O–H groups in total. The summed E-state index contributed by atoms with van der Waals surface area (Å²) in [4.78, 5) is 7.88. The van der Waals surface area contributed by atoms with Crippen LogP contribution in [0.1, 0.15) is 5.69 Å². The average molecular weight is 145 g/mol. The predicted octanol–water partition coefficient (Wildman–Crippen LogP) is -0.271. The average Bonchev–Trinajstić information content (AvgIpc) is 2.50. The van der Waals surface area contributed by atoms with Crippen LogP contribution in [0, 0.1) is 12.3 Å². The molecule has 0 fully saturated rings. The molecular formula is C6H3N5. The Bertz CT molecular complexity index is 424. The van der Waals surface area contributed by atoms with Crippen LogP contribution >= 0.6 is 0 Å². The molecule has 0 spiro atoms. The van der Waals surface area contributed by atoms with Gasteiger partial charge in [0.2, 0.25) is 5.65 Å². The Hall–Kier alpha value is -1.96. The maximum atomic E-state index is 5.10. The summed E-state index contributed by atoms with van der Waals surface area (Å²) in [6.07, 6.45) is 6.59. The van der Waals surface area contributed by atoms with Gasteiger partial charge in [-0.25, -0.2) is 15.1 Å². The number of aromatic nitrogens is 5. The van der Waals surface area contributed by atoms with Gasteiger partial charge in [-0.15, -0.1) is 11.5 Å². The molecule has 0 aliphatic rings. The van der Waals surface area contributed by atoms with E-state index >= 15 is 0 Å². The van der Waals surface area contributed by atoms with Crippen molar-refractivity contribution in [3.63, 3.8) is 0 Å². The third-order valence-corrected chi connectivity index (χ3v) is 1.20. The molecule has 0 aliphatic carbocycles. The number of terminal acetylenes is 1. The third kappa shape index (κ3) is 0.809. The summed E-state index contributed by atoms with van der Waals surface area (Å²) < 4.78 is 0. The zero-order chi connectivity index (χ0) is 7.68. The van der Waals surface area contributed by atoms with Crippen LogP contribution in [0.3, 0.4) is 0 Å². The Labute approximate surface area is 61.9 Å². The van der Waals surface area contributed by atoms with Gasteiger partial charge in [0.25, 0.3) is 0 Å². The second-order valence-electron chi connectivity index (χ2n) is 1.88. The molecule has 0 saturated carbocycles. The molecule has 2 rings (SSSR count). The van der Waals surface area contributed by atoms with E-state index in [-0.39, 0.29) is 0 Å². The molecule has 0 bridgehead atoms. The van der Waals surface area contributed by atoms with E-state index in [0.717, 1.165) is 0 Å². The van der Waals surface area contributed by atoms with Crippen molar-refractivity contribution in [2.45, 2.75) is 0 Å². The van der Waals surface area contributed by atoms with Gasteiger partial charge >= 0.3 is 0 Å². The molecule has 0 saturated heterocycles. The topological polar surface area (TPSA) is 67.3 Å². The van der Waals surface area contributed by atoms with Gasteiger partial charge in [0.05, 0.1) is 6.20 Å². The summed E-state index contributed by atoms with van der Waals surface area (Å²) in [5.74, 6) is 2.35. The molecule has 0 unspecified atom stereocenters. The summed E-state index contributed by atoms with van der Waals surface area (Å²) >= 11 is 0. The standard InChI is InChI=1S/C6H3N5/c1-2-4-3-7-5-6(8-4)10-11-9-5/h1,3H,(H,7,8,9,10,11). The number of rotatable bonds is 0. The fraction of sp³-hybridized carbons (Fsp3) is 0. The normalized spacial score (nSPS) is 9.73. The van der Waals surface area contributed by atoms with E-state index in [1.165, 1.54) is 6.20 Å². The summed E-state index contributed by atoms with van der Waals surface area (Å²) in [7, 11) is 0. The van der Waals surface area contributed by atoms with Crippen molar-refractivity contribution >= 4 is 11.3 Å². The first-order valence-corrected chi connectivity index (χ1v) is 2.90. The zero-order valence-electron chi connectivity index (χ0n) is 5.44. The molecule has 2 aromatic rings. The Morgan fingerprint density at radius 3 is 3.27 bits per heavy atom. The number of hydrogen-bond acceptors (Lipinski definition) is 4. The van der Waals surface area contributed by atoms with Crippen molar-refractivity contribution < 1.29 is 0 Å². The summed E-state index contributed by atoms with van der Waals surface area (Å²) in [6.45, 7) is 0. The van der Waals surface area contributed by atoms with Gasteiger partial charge in [-0.3, -0.25) is 0 Å². The maximum absolute atomic E-state index is 5.10. The fourth-order valence-electron chi connectivity index (χ4n) is 0.717. The van der Waals surface area contributed by atoms with Crippen LogP contribution in [0.2, 0.25) is 0 Å². The second kappa shape index (κ2) is 2.02. The van der Waals surface area contributed by atoms with Crippen molar-refractivity contribution in [1.82, 2.24) is 25.4 Å². The third-order valence-electron chi connectivity index (χ3n) is 1.20. The number of aromatic amines is 1. The van der Waals surface area contributed by atoms with Gasteiger partial charge in [0.15, 0.2) is 5.65 Å². The highest BCUT2D eigenvalue weighted by Crippen LogP contribution is 1.99. The van der Waals surface area contributed by atoms with Crippen LogP contribution in [0.4, 0.5) is 0 Å². The largest absolute Gasteiger partial charge is 0.239 e. The molecule has 2 heterocycles. The lowest BCUT2D eigenvalue weighted by Gasteiger charge is -1.85. The fourth-order valence-corrected chi connectivity index (χ4v) is 0.717. The first kappa shape index (κ1) is 5.80. The molecule has 0 aliphatic heterocycles. The van der Waals surface area contributed by atoms with Gasteiger partial charge in [0.1, 0.15) is 5.69 Å². The molecule has 0 radical (unpaired) electrons. The van der Waals surface area contributed by atoms with E-state index in [1.807, 2.05) is 0 Å². The molecule has 2 aromatic heterocycles. The van der Waals surface area contributed by atoms with Gasteiger partial charge in [-0.05, 0) is 5.92 Å². The highest BCUT2D eigenvalue weighted by Gasteiger charge is 1.98. The van der Waals surface area contributed by atoms with Crippen molar-refractivity contribution in [2.75, 3.05) is 0 Å². The number of nitrogens with zero attached hydrogens (tertiary/aromatic N) is 4. The predicted molar refractivity (Wildman–Crippen MR) is 37.4 cm³/mol. The Morgan fingerprint density at radius 2 is 2.45 bits per heavy atom. The van der Waals surface area contributed by atoms with Gasteiger partial charge in [0, 0.05) is 0 Å². The van der Waals surface area contributed by atoms with Crippen LogP contribution < -0.4 is 0 Å². The molecule has 0 amide bonds. The Balaban J connectivity index is 2.79. The van der Waals surface area contributed by atoms with Gasteiger partial charge < -0.3 is 0 Å². The molecule has 0 aromatic carbocycles. The number of H-pyrrole nitrogens is 1. The lowest BCUT2D eigenvalue weighted by Crippen LogP contribution is -1.86. The Kier molecular flexibility index (Phi) is 1.07. The number of hydrogen-bond donors (Lipinski definition) is 1. The smallest absolute Gasteiger partial charge is 0.222 e. The SMILES string of the molecule is C#Cc1cnc2[nH]nnc2n1. The Morgan fingerprint density at radius 1 is 1.55 bits per heavy atom. The van der Waals surface area contributed by atoms with Gasteiger partial charge in [-0.1, -0.05) is 5.21 Å². The summed E-state index contributed by atoms with van der Waals surface area (Å²) in [5, 5.41) is 9.73. The molecule has 0 atom stereocenters.